The fraction of sp³-hybridized carbons (Fsp3) is 0.231. The molecule has 0 bridgehead atoms. The van der Waals surface area contributed by atoms with E-state index in [1.54, 1.807) is 6.07 Å². The minimum Gasteiger partial charge on any atom is -0.477 e. The zero-order chi connectivity index (χ0) is 16.6. The molecule has 0 saturated heterocycles. The third kappa shape index (κ3) is 2.54. The number of aromatic nitrogens is 5. The monoisotopic (exact) mass is 355 g/mol. The quantitative estimate of drug-likeness (QED) is 0.764. The van der Waals surface area contributed by atoms with Crippen LogP contribution in [0, 0.1) is 0 Å². The second-order valence-corrected chi connectivity index (χ2v) is 5.19. The van der Waals surface area contributed by atoms with E-state index in [1.165, 1.54) is 25.1 Å². The average molecular weight is 356 g/mol. The van der Waals surface area contributed by atoms with Crippen LogP contribution in [-0.2, 0) is 6.61 Å². The number of aliphatic hydroxyl groups is 1. The summed E-state index contributed by atoms with van der Waals surface area (Å²) in [7, 11) is 2.91. The SMILES string of the molecule is COc1nc2cc(Cl)c(Cl)c(-n3cnnc3CO)c2nc1OC. The molecule has 120 valence electrons. The van der Waals surface area contributed by atoms with Crippen molar-refractivity contribution in [3.8, 4) is 17.4 Å². The Hall–Kier alpha value is -2.16. The van der Waals surface area contributed by atoms with Gasteiger partial charge >= 0.3 is 0 Å². The zero-order valence-electron chi connectivity index (χ0n) is 12.1. The van der Waals surface area contributed by atoms with Gasteiger partial charge in [-0.15, -0.1) is 10.2 Å². The molecule has 0 aliphatic heterocycles. The van der Waals surface area contributed by atoms with Crippen molar-refractivity contribution in [2.75, 3.05) is 14.2 Å². The zero-order valence-corrected chi connectivity index (χ0v) is 13.6. The van der Waals surface area contributed by atoms with Crippen molar-refractivity contribution in [3.05, 3.63) is 28.3 Å². The second kappa shape index (κ2) is 6.15. The number of hydrogen-bond donors (Lipinski definition) is 1. The minimum atomic E-state index is -0.328. The topological polar surface area (TPSA) is 95.2 Å². The molecule has 10 heteroatoms. The molecule has 3 aromatic rings. The van der Waals surface area contributed by atoms with Gasteiger partial charge in [-0.3, -0.25) is 4.57 Å². The Morgan fingerprint density at radius 2 is 1.87 bits per heavy atom. The Balaban J connectivity index is 2.41. The summed E-state index contributed by atoms with van der Waals surface area (Å²) in [6, 6.07) is 1.57. The van der Waals surface area contributed by atoms with E-state index < -0.39 is 0 Å². The number of hydrogen-bond acceptors (Lipinski definition) is 7. The number of fused-ring (bicyclic) bond motifs is 1. The lowest BCUT2D eigenvalue weighted by molar-refractivity contribution is 0.269. The van der Waals surface area contributed by atoms with Crippen molar-refractivity contribution in [2.24, 2.45) is 0 Å². The molecule has 0 spiro atoms. The molecule has 3 rings (SSSR count). The molecule has 0 fully saturated rings. The van der Waals surface area contributed by atoms with E-state index >= 15 is 0 Å². The van der Waals surface area contributed by atoms with Crippen molar-refractivity contribution in [2.45, 2.75) is 6.61 Å². The maximum Gasteiger partial charge on any atom is 0.278 e. The highest BCUT2D eigenvalue weighted by molar-refractivity contribution is 6.44. The summed E-state index contributed by atoms with van der Waals surface area (Å²) in [4.78, 5) is 8.71. The van der Waals surface area contributed by atoms with Gasteiger partial charge in [-0.1, -0.05) is 23.2 Å². The molecule has 1 aromatic carbocycles. The number of aliphatic hydroxyl groups excluding tert-OH is 1. The minimum absolute atomic E-state index is 0.193. The lowest BCUT2D eigenvalue weighted by Gasteiger charge is -2.13. The van der Waals surface area contributed by atoms with Crippen molar-refractivity contribution in [1.82, 2.24) is 24.7 Å². The van der Waals surface area contributed by atoms with E-state index in [9.17, 15) is 5.11 Å². The normalized spacial score (nSPS) is 11.0. The maximum absolute atomic E-state index is 9.40. The first-order valence-electron chi connectivity index (χ1n) is 6.38. The highest BCUT2D eigenvalue weighted by Gasteiger charge is 2.20. The van der Waals surface area contributed by atoms with E-state index in [0.29, 0.717) is 16.7 Å². The van der Waals surface area contributed by atoms with Crippen LogP contribution >= 0.6 is 23.2 Å². The van der Waals surface area contributed by atoms with Gasteiger partial charge in [0.1, 0.15) is 18.5 Å². The van der Waals surface area contributed by atoms with Crippen LogP contribution in [0.3, 0.4) is 0 Å². The maximum atomic E-state index is 9.40. The molecule has 0 unspecified atom stereocenters. The van der Waals surface area contributed by atoms with Gasteiger partial charge in [-0.25, -0.2) is 9.97 Å². The molecule has 0 atom stereocenters. The smallest absolute Gasteiger partial charge is 0.278 e. The summed E-state index contributed by atoms with van der Waals surface area (Å²) in [5.41, 5.74) is 1.26. The predicted octanol–water partition coefficient (Wildman–Crippen LogP) is 2.03. The van der Waals surface area contributed by atoms with Crippen LogP contribution in [0.4, 0.5) is 0 Å². The first-order valence-corrected chi connectivity index (χ1v) is 7.14. The third-order valence-corrected chi connectivity index (χ3v) is 3.93. The van der Waals surface area contributed by atoms with Gasteiger partial charge in [0.25, 0.3) is 11.8 Å². The Labute approximate surface area is 140 Å². The van der Waals surface area contributed by atoms with Gasteiger partial charge in [-0.05, 0) is 6.07 Å². The van der Waals surface area contributed by atoms with E-state index in [2.05, 4.69) is 20.2 Å². The fourth-order valence-electron chi connectivity index (χ4n) is 2.13. The number of benzene rings is 1. The molecule has 8 nitrogen and oxygen atoms in total. The Bertz CT molecular complexity index is 884. The van der Waals surface area contributed by atoms with Gasteiger partial charge in [0.2, 0.25) is 0 Å². The molecule has 0 saturated carbocycles. The molecule has 23 heavy (non-hydrogen) atoms. The van der Waals surface area contributed by atoms with Crippen LogP contribution < -0.4 is 9.47 Å². The molecule has 2 aromatic heterocycles. The van der Waals surface area contributed by atoms with Gasteiger partial charge in [0.15, 0.2) is 5.82 Å². The van der Waals surface area contributed by atoms with Crippen LogP contribution in [0.2, 0.25) is 10.0 Å². The first-order chi connectivity index (χ1) is 11.1. The third-order valence-electron chi connectivity index (χ3n) is 3.15. The summed E-state index contributed by atoms with van der Waals surface area (Å²) in [5.74, 6) is 0.695. The van der Waals surface area contributed by atoms with Crippen LogP contribution in [-0.4, -0.2) is 44.1 Å². The van der Waals surface area contributed by atoms with Crippen LogP contribution in [0.5, 0.6) is 11.8 Å². The van der Waals surface area contributed by atoms with Crippen molar-refractivity contribution >= 4 is 34.2 Å². The van der Waals surface area contributed by atoms with E-state index in [4.69, 9.17) is 32.7 Å². The number of nitrogens with zero attached hydrogens (tertiary/aromatic N) is 5. The van der Waals surface area contributed by atoms with Gasteiger partial charge in [0.05, 0.1) is 35.5 Å². The Morgan fingerprint density at radius 1 is 1.17 bits per heavy atom. The van der Waals surface area contributed by atoms with Crippen LogP contribution in [0.15, 0.2) is 12.4 Å². The van der Waals surface area contributed by atoms with Crippen LogP contribution in [0.1, 0.15) is 5.82 Å². The predicted molar refractivity (Wildman–Crippen MR) is 83.5 cm³/mol. The highest BCUT2D eigenvalue weighted by atomic mass is 35.5. The number of ether oxygens (including phenoxy) is 2. The van der Waals surface area contributed by atoms with Crippen molar-refractivity contribution in [1.29, 1.82) is 0 Å². The standard InChI is InChI=1S/C13H11Cl2N5O3/c1-22-12-13(23-2)18-10-7(17-12)3-6(14)9(15)11(10)20-5-16-19-8(20)4-21/h3,5,21H,4H2,1-2H3. The summed E-state index contributed by atoms with van der Waals surface area (Å²) in [5, 5.41) is 17.5. The first kappa shape index (κ1) is 15.7. The van der Waals surface area contributed by atoms with E-state index in [-0.39, 0.29) is 34.2 Å². The van der Waals surface area contributed by atoms with Crippen molar-refractivity contribution in [3.63, 3.8) is 0 Å². The van der Waals surface area contributed by atoms with Gasteiger partial charge in [-0.2, -0.15) is 0 Å². The lowest BCUT2D eigenvalue weighted by atomic mass is 10.2. The largest absolute Gasteiger partial charge is 0.477 e. The summed E-state index contributed by atoms with van der Waals surface area (Å²) in [6.07, 6.45) is 1.40. The molecular formula is C13H11Cl2N5O3. The summed E-state index contributed by atoms with van der Waals surface area (Å²) in [6.45, 7) is -0.328. The van der Waals surface area contributed by atoms with Gasteiger partial charge < -0.3 is 14.6 Å². The number of rotatable bonds is 4. The molecule has 1 N–H and O–H groups in total. The van der Waals surface area contributed by atoms with E-state index in [0.717, 1.165) is 0 Å². The molecule has 0 radical (unpaired) electrons. The van der Waals surface area contributed by atoms with Gasteiger partial charge in [0, 0.05) is 0 Å². The second-order valence-electron chi connectivity index (χ2n) is 4.41. The fourth-order valence-corrected chi connectivity index (χ4v) is 2.56. The van der Waals surface area contributed by atoms with Crippen molar-refractivity contribution < 1.29 is 14.6 Å². The molecule has 0 amide bonds. The number of methoxy groups -OCH3 is 2. The molecule has 0 aliphatic rings. The number of halogens is 2. The lowest BCUT2D eigenvalue weighted by Crippen LogP contribution is -2.05. The average Bonchev–Trinajstić information content (AvgIpc) is 3.03. The summed E-state index contributed by atoms with van der Waals surface area (Å²) < 4.78 is 11.8. The molecule has 0 aliphatic carbocycles. The Morgan fingerprint density at radius 3 is 2.52 bits per heavy atom. The summed E-state index contributed by atoms with van der Waals surface area (Å²) >= 11 is 12.5. The Kier molecular flexibility index (Phi) is 4.20. The molecule has 2 heterocycles. The molecular weight excluding hydrogens is 345 g/mol. The van der Waals surface area contributed by atoms with Crippen LogP contribution in [0.25, 0.3) is 16.7 Å². The highest BCUT2D eigenvalue weighted by Crippen LogP contribution is 2.37. The van der Waals surface area contributed by atoms with E-state index in [1.807, 2.05) is 0 Å².